The first-order valence-electron chi connectivity index (χ1n) is 6.29. The summed E-state index contributed by atoms with van der Waals surface area (Å²) >= 11 is 1.75. The number of halogens is 1. The third-order valence-electron chi connectivity index (χ3n) is 3.12. The molecule has 102 valence electrons. The second-order valence-corrected chi connectivity index (χ2v) is 5.47. The van der Waals surface area contributed by atoms with Crippen LogP contribution in [0.5, 0.6) is 0 Å². The molecular formula is C12H25ClN2OS. The lowest BCUT2D eigenvalue weighted by Gasteiger charge is -2.27. The second kappa shape index (κ2) is 10.0. The Morgan fingerprint density at radius 3 is 2.29 bits per heavy atom. The van der Waals surface area contributed by atoms with Crippen LogP contribution in [0.4, 0.5) is 0 Å². The number of likely N-dealkylation sites (tertiary alicyclic amines) is 1. The summed E-state index contributed by atoms with van der Waals surface area (Å²) < 4.78 is 0. The van der Waals surface area contributed by atoms with Crippen molar-refractivity contribution in [3.8, 4) is 0 Å². The van der Waals surface area contributed by atoms with E-state index in [4.69, 9.17) is 5.73 Å². The number of hydrogen-bond acceptors (Lipinski definition) is 3. The monoisotopic (exact) mass is 280 g/mol. The van der Waals surface area contributed by atoms with E-state index in [1.165, 1.54) is 19.3 Å². The molecule has 0 aliphatic carbocycles. The summed E-state index contributed by atoms with van der Waals surface area (Å²) in [6, 6.07) is -0.285. The van der Waals surface area contributed by atoms with Gasteiger partial charge in [0.15, 0.2) is 0 Å². The maximum absolute atomic E-state index is 12.1. The van der Waals surface area contributed by atoms with E-state index in [9.17, 15) is 4.79 Å². The molecule has 1 aliphatic rings. The van der Waals surface area contributed by atoms with Gasteiger partial charge in [-0.15, -0.1) is 12.4 Å². The summed E-state index contributed by atoms with van der Waals surface area (Å²) in [5.41, 5.74) is 5.92. The molecule has 1 rings (SSSR count). The lowest BCUT2D eigenvalue weighted by Crippen LogP contribution is -2.45. The van der Waals surface area contributed by atoms with Gasteiger partial charge in [-0.05, 0) is 31.3 Å². The molecule has 1 amide bonds. The van der Waals surface area contributed by atoms with Gasteiger partial charge >= 0.3 is 0 Å². The maximum Gasteiger partial charge on any atom is 0.239 e. The van der Waals surface area contributed by atoms with Crippen molar-refractivity contribution in [1.82, 2.24) is 4.90 Å². The number of carbonyl (C=O) groups excluding carboxylic acids is 1. The van der Waals surface area contributed by atoms with Crippen molar-refractivity contribution < 1.29 is 4.79 Å². The Labute approximate surface area is 115 Å². The molecular weight excluding hydrogens is 256 g/mol. The first-order valence-corrected chi connectivity index (χ1v) is 7.68. The Bertz CT molecular complexity index is 209. The molecule has 1 heterocycles. The molecule has 1 aliphatic heterocycles. The van der Waals surface area contributed by atoms with Crippen LogP contribution in [0.1, 0.15) is 38.5 Å². The minimum atomic E-state index is -0.285. The minimum Gasteiger partial charge on any atom is -0.341 e. The van der Waals surface area contributed by atoms with Crippen LogP contribution in [-0.2, 0) is 4.79 Å². The van der Waals surface area contributed by atoms with Gasteiger partial charge in [-0.25, -0.2) is 0 Å². The highest BCUT2D eigenvalue weighted by atomic mass is 35.5. The summed E-state index contributed by atoms with van der Waals surface area (Å²) in [5.74, 6) is 1.14. The SMILES string of the molecule is CSCC[C@H](N)C(=O)N1CCCCCCC1.Cl. The van der Waals surface area contributed by atoms with Gasteiger partial charge in [0.2, 0.25) is 5.91 Å². The predicted molar refractivity (Wildman–Crippen MR) is 77.9 cm³/mol. The molecule has 0 aromatic heterocycles. The van der Waals surface area contributed by atoms with E-state index in [-0.39, 0.29) is 24.4 Å². The predicted octanol–water partition coefficient (Wildman–Crippen LogP) is 2.28. The van der Waals surface area contributed by atoms with Gasteiger partial charge in [0.25, 0.3) is 0 Å². The van der Waals surface area contributed by atoms with Gasteiger partial charge in [0.1, 0.15) is 0 Å². The third kappa shape index (κ3) is 6.53. The highest BCUT2D eigenvalue weighted by Gasteiger charge is 2.20. The average molecular weight is 281 g/mol. The molecule has 0 aromatic carbocycles. The van der Waals surface area contributed by atoms with Gasteiger partial charge < -0.3 is 10.6 Å². The molecule has 0 spiro atoms. The van der Waals surface area contributed by atoms with Crippen molar-refractivity contribution in [3.05, 3.63) is 0 Å². The van der Waals surface area contributed by atoms with Crippen LogP contribution in [-0.4, -0.2) is 41.9 Å². The van der Waals surface area contributed by atoms with E-state index in [2.05, 4.69) is 0 Å². The fourth-order valence-electron chi connectivity index (χ4n) is 2.07. The van der Waals surface area contributed by atoms with Crippen LogP contribution < -0.4 is 5.73 Å². The molecule has 1 saturated heterocycles. The second-order valence-electron chi connectivity index (χ2n) is 4.48. The molecule has 0 bridgehead atoms. The number of hydrogen-bond donors (Lipinski definition) is 1. The van der Waals surface area contributed by atoms with Gasteiger partial charge in [-0.3, -0.25) is 4.79 Å². The van der Waals surface area contributed by atoms with Crippen molar-refractivity contribution in [3.63, 3.8) is 0 Å². The fraction of sp³-hybridized carbons (Fsp3) is 0.917. The topological polar surface area (TPSA) is 46.3 Å². The van der Waals surface area contributed by atoms with Crippen molar-refractivity contribution in [1.29, 1.82) is 0 Å². The molecule has 3 nitrogen and oxygen atoms in total. The molecule has 17 heavy (non-hydrogen) atoms. The molecule has 5 heteroatoms. The van der Waals surface area contributed by atoms with E-state index in [0.717, 1.165) is 38.1 Å². The summed E-state index contributed by atoms with van der Waals surface area (Å²) in [6.07, 6.45) is 8.96. The quantitative estimate of drug-likeness (QED) is 0.859. The first kappa shape index (κ1) is 17.1. The zero-order valence-corrected chi connectivity index (χ0v) is 12.3. The number of thioether (sulfide) groups is 1. The van der Waals surface area contributed by atoms with Crippen molar-refractivity contribution in [2.75, 3.05) is 25.1 Å². The van der Waals surface area contributed by atoms with Crippen molar-refractivity contribution >= 4 is 30.1 Å². The normalized spacial score (nSPS) is 18.8. The maximum atomic E-state index is 12.1. The zero-order valence-electron chi connectivity index (χ0n) is 10.7. The largest absolute Gasteiger partial charge is 0.341 e. The van der Waals surface area contributed by atoms with Gasteiger partial charge in [0.05, 0.1) is 6.04 Å². The third-order valence-corrected chi connectivity index (χ3v) is 3.76. The van der Waals surface area contributed by atoms with Crippen LogP contribution >= 0.6 is 24.2 Å². The Kier molecular flexibility index (Phi) is 10.1. The smallest absolute Gasteiger partial charge is 0.239 e. The number of nitrogens with zero attached hydrogens (tertiary/aromatic N) is 1. The first-order chi connectivity index (χ1) is 7.75. The van der Waals surface area contributed by atoms with Crippen molar-refractivity contribution in [2.24, 2.45) is 5.73 Å². The van der Waals surface area contributed by atoms with Crippen LogP contribution in [0.3, 0.4) is 0 Å². The molecule has 0 radical (unpaired) electrons. The number of amides is 1. The van der Waals surface area contributed by atoms with Crippen LogP contribution in [0, 0.1) is 0 Å². The van der Waals surface area contributed by atoms with E-state index < -0.39 is 0 Å². The van der Waals surface area contributed by atoms with Crippen molar-refractivity contribution in [2.45, 2.75) is 44.6 Å². The Morgan fingerprint density at radius 1 is 1.24 bits per heavy atom. The zero-order chi connectivity index (χ0) is 11.8. The standard InChI is InChI=1S/C12H24N2OS.ClH/c1-16-10-7-11(13)12(15)14-8-5-3-2-4-6-9-14;/h11H,2-10,13H2,1H3;1H/t11-;/m0./s1. The lowest BCUT2D eigenvalue weighted by atomic mass is 10.1. The minimum absolute atomic E-state index is 0. The van der Waals surface area contributed by atoms with Gasteiger partial charge in [0, 0.05) is 13.1 Å². The molecule has 1 atom stereocenters. The van der Waals surface area contributed by atoms with E-state index in [0.29, 0.717) is 0 Å². The summed E-state index contributed by atoms with van der Waals surface area (Å²) in [4.78, 5) is 14.0. The fourth-order valence-corrected chi connectivity index (χ4v) is 2.56. The summed E-state index contributed by atoms with van der Waals surface area (Å²) in [5, 5.41) is 0. The van der Waals surface area contributed by atoms with Gasteiger partial charge in [-0.2, -0.15) is 11.8 Å². The van der Waals surface area contributed by atoms with E-state index in [1.54, 1.807) is 11.8 Å². The number of carbonyl (C=O) groups is 1. The molecule has 0 aromatic rings. The highest BCUT2D eigenvalue weighted by Crippen LogP contribution is 2.12. The number of nitrogens with two attached hydrogens (primary N) is 1. The summed E-state index contributed by atoms with van der Waals surface area (Å²) in [7, 11) is 0. The Balaban J connectivity index is 0.00000256. The molecule has 1 fully saturated rings. The Hall–Kier alpha value is 0.0700. The Morgan fingerprint density at radius 2 is 1.76 bits per heavy atom. The van der Waals surface area contributed by atoms with Crippen LogP contribution in [0.15, 0.2) is 0 Å². The number of rotatable bonds is 4. The van der Waals surface area contributed by atoms with E-state index >= 15 is 0 Å². The summed E-state index contributed by atoms with van der Waals surface area (Å²) in [6.45, 7) is 1.82. The van der Waals surface area contributed by atoms with Gasteiger partial charge in [-0.1, -0.05) is 19.3 Å². The highest BCUT2D eigenvalue weighted by molar-refractivity contribution is 7.98. The average Bonchev–Trinajstić information content (AvgIpc) is 2.24. The van der Waals surface area contributed by atoms with E-state index in [1.807, 2.05) is 11.2 Å². The van der Waals surface area contributed by atoms with Crippen LogP contribution in [0.25, 0.3) is 0 Å². The molecule has 0 saturated carbocycles. The molecule has 0 unspecified atom stereocenters. The lowest BCUT2D eigenvalue weighted by molar-refractivity contribution is -0.133. The van der Waals surface area contributed by atoms with Crippen LogP contribution in [0.2, 0.25) is 0 Å². The molecule has 2 N–H and O–H groups in total.